The highest BCUT2D eigenvalue weighted by Gasteiger charge is 2.11. The van der Waals surface area contributed by atoms with Gasteiger partial charge in [-0.1, -0.05) is 0 Å². The van der Waals surface area contributed by atoms with Crippen LogP contribution in [0.15, 0.2) is 0 Å². The van der Waals surface area contributed by atoms with Crippen molar-refractivity contribution in [1.29, 1.82) is 10.5 Å². The van der Waals surface area contributed by atoms with Crippen LogP contribution in [0.25, 0.3) is 4.85 Å². The van der Waals surface area contributed by atoms with Crippen LogP contribution in [-0.4, -0.2) is 6.04 Å². The minimum Gasteiger partial charge on any atom is -0.297 e. The Morgan fingerprint density at radius 3 is 2.36 bits per heavy atom. The lowest BCUT2D eigenvalue weighted by atomic mass is 10.0. The van der Waals surface area contributed by atoms with Gasteiger partial charge < -0.3 is 0 Å². The van der Waals surface area contributed by atoms with E-state index in [1.165, 1.54) is 0 Å². The van der Waals surface area contributed by atoms with Crippen molar-refractivity contribution in [2.75, 3.05) is 0 Å². The molecule has 0 fully saturated rings. The second kappa shape index (κ2) is 5.27. The number of nitriles is 2. The van der Waals surface area contributed by atoms with Crippen LogP contribution in [0.3, 0.4) is 0 Å². The van der Waals surface area contributed by atoms with Crippen molar-refractivity contribution < 1.29 is 0 Å². The molecular weight excluding hydrogens is 138 g/mol. The lowest BCUT2D eigenvalue weighted by Gasteiger charge is -1.98. The molecule has 3 heteroatoms. The average molecular weight is 147 g/mol. The van der Waals surface area contributed by atoms with Gasteiger partial charge in [-0.25, -0.2) is 6.57 Å². The summed E-state index contributed by atoms with van der Waals surface area (Å²) in [5, 5.41) is 16.7. The Hall–Kier alpha value is -1.53. The first-order valence-electron chi connectivity index (χ1n) is 3.40. The highest BCUT2D eigenvalue weighted by atomic mass is 14.7. The van der Waals surface area contributed by atoms with Crippen molar-refractivity contribution in [3.05, 3.63) is 11.4 Å². The molecule has 0 aliphatic carbocycles. The minimum atomic E-state index is -0.564. The van der Waals surface area contributed by atoms with E-state index in [1.807, 2.05) is 6.07 Å². The van der Waals surface area contributed by atoms with Gasteiger partial charge in [0, 0.05) is 12.3 Å². The van der Waals surface area contributed by atoms with Crippen LogP contribution >= 0.6 is 0 Å². The molecule has 0 radical (unpaired) electrons. The summed E-state index contributed by atoms with van der Waals surface area (Å²) in [5.74, 6) is -0.0485. The number of nitrogens with zero attached hydrogens (tertiary/aromatic N) is 3. The molecule has 0 aliphatic heterocycles. The molecule has 2 atom stereocenters. The van der Waals surface area contributed by atoms with E-state index in [0.29, 0.717) is 12.8 Å². The van der Waals surface area contributed by atoms with Gasteiger partial charge in [-0.05, 0) is 13.3 Å². The van der Waals surface area contributed by atoms with Crippen LogP contribution in [0.1, 0.15) is 19.8 Å². The fourth-order valence-electron chi connectivity index (χ4n) is 0.630. The molecule has 0 aromatic heterocycles. The summed E-state index contributed by atoms with van der Waals surface area (Å²) < 4.78 is 0. The standard InChI is InChI=1S/C8H9N3/c1-7(5-9)3-4-8(6-10)11-2/h7-8H,3-4H2,1H3. The molecule has 3 nitrogen and oxygen atoms in total. The molecule has 0 aromatic rings. The largest absolute Gasteiger partial charge is 0.307 e. The average Bonchev–Trinajstić information content (AvgIpc) is 2.06. The number of hydrogen-bond acceptors (Lipinski definition) is 2. The first-order chi connectivity index (χ1) is 5.24. The lowest BCUT2D eigenvalue weighted by molar-refractivity contribution is 0.612. The van der Waals surface area contributed by atoms with Crippen LogP contribution in [0, 0.1) is 35.2 Å². The molecule has 2 unspecified atom stereocenters. The monoisotopic (exact) mass is 147 g/mol. The summed E-state index contributed by atoms with van der Waals surface area (Å²) in [7, 11) is 0. The molecule has 0 aliphatic rings. The molecule has 0 bridgehead atoms. The van der Waals surface area contributed by atoms with E-state index in [-0.39, 0.29) is 5.92 Å². The van der Waals surface area contributed by atoms with Crippen LogP contribution in [-0.2, 0) is 0 Å². The predicted octanol–water partition coefficient (Wildman–Crippen LogP) is 1.74. The van der Waals surface area contributed by atoms with Gasteiger partial charge in [-0.3, -0.25) is 4.85 Å². The van der Waals surface area contributed by atoms with Gasteiger partial charge in [-0.2, -0.15) is 10.5 Å². The van der Waals surface area contributed by atoms with Gasteiger partial charge in [0.05, 0.1) is 6.07 Å². The smallest absolute Gasteiger partial charge is 0.297 e. The molecule has 0 saturated heterocycles. The Balaban J connectivity index is 3.66. The maximum Gasteiger partial charge on any atom is 0.307 e. The van der Waals surface area contributed by atoms with E-state index in [4.69, 9.17) is 17.1 Å². The molecule has 0 N–H and O–H groups in total. The van der Waals surface area contributed by atoms with Crippen molar-refractivity contribution in [3.63, 3.8) is 0 Å². The molecular formula is C8H9N3. The van der Waals surface area contributed by atoms with E-state index in [1.54, 1.807) is 6.92 Å². The van der Waals surface area contributed by atoms with Crippen LogP contribution in [0.2, 0.25) is 0 Å². The highest BCUT2D eigenvalue weighted by Crippen LogP contribution is 2.08. The zero-order valence-electron chi connectivity index (χ0n) is 6.41. The lowest BCUT2D eigenvalue weighted by Crippen LogP contribution is -2.00. The van der Waals surface area contributed by atoms with Crippen LogP contribution < -0.4 is 0 Å². The summed E-state index contributed by atoms with van der Waals surface area (Å²) >= 11 is 0. The van der Waals surface area contributed by atoms with Crippen LogP contribution in [0.5, 0.6) is 0 Å². The van der Waals surface area contributed by atoms with Crippen molar-refractivity contribution in [2.45, 2.75) is 25.8 Å². The second-order valence-electron chi connectivity index (χ2n) is 2.38. The SMILES string of the molecule is [C-]#[N+]C(C#N)CCC(C)C#N. The van der Waals surface area contributed by atoms with Gasteiger partial charge in [0.25, 0.3) is 0 Å². The summed E-state index contributed by atoms with van der Waals surface area (Å²) in [4.78, 5) is 3.09. The normalized spacial score (nSPS) is 13.6. The predicted molar refractivity (Wildman–Crippen MR) is 40.0 cm³/mol. The quantitative estimate of drug-likeness (QED) is 0.571. The van der Waals surface area contributed by atoms with Crippen LogP contribution in [0.4, 0.5) is 0 Å². The third-order valence-electron chi connectivity index (χ3n) is 1.40. The van der Waals surface area contributed by atoms with Gasteiger partial charge in [0.1, 0.15) is 0 Å². The molecule has 0 saturated carbocycles. The first-order valence-corrected chi connectivity index (χ1v) is 3.40. The molecule has 0 spiro atoms. The fraction of sp³-hybridized carbons (Fsp3) is 0.625. The molecule has 0 rings (SSSR count). The molecule has 0 aromatic carbocycles. The summed E-state index contributed by atoms with van der Waals surface area (Å²) in [6, 6.07) is 3.36. The Kier molecular flexibility index (Phi) is 4.54. The molecule has 56 valence electrons. The zero-order valence-corrected chi connectivity index (χ0v) is 6.41. The van der Waals surface area contributed by atoms with Crippen molar-refractivity contribution >= 4 is 0 Å². The highest BCUT2D eigenvalue weighted by molar-refractivity contribution is 4.98. The molecule has 0 amide bonds. The maximum atomic E-state index is 8.38. The van der Waals surface area contributed by atoms with E-state index in [2.05, 4.69) is 10.9 Å². The minimum absolute atomic E-state index is 0.0485. The molecule has 11 heavy (non-hydrogen) atoms. The third-order valence-corrected chi connectivity index (χ3v) is 1.40. The molecule has 0 heterocycles. The van der Waals surface area contributed by atoms with E-state index in [9.17, 15) is 0 Å². The number of hydrogen-bond donors (Lipinski definition) is 0. The van der Waals surface area contributed by atoms with E-state index < -0.39 is 6.04 Å². The summed E-state index contributed by atoms with van der Waals surface area (Å²) in [6.45, 7) is 8.37. The topological polar surface area (TPSA) is 51.9 Å². The Bertz CT molecular complexity index is 211. The Morgan fingerprint density at radius 2 is 2.00 bits per heavy atom. The van der Waals surface area contributed by atoms with Gasteiger partial charge in [-0.15, -0.1) is 0 Å². The summed E-state index contributed by atoms with van der Waals surface area (Å²) in [6.07, 6.45) is 1.14. The Labute approximate surface area is 66.7 Å². The van der Waals surface area contributed by atoms with Crippen molar-refractivity contribution in [3.8, 4) is 12.1 Å². The second-order valence-corrected chi connectivity index (χ2v) is 2.38. The Morgan fingerprint density at radius 1 is 1.36 bits per heavy atom. The summed E-state index contributed by atoms with van der Waals surface area (Å²) in [5.41, 5.74) is 0. The third kappa shape index (κ3) is 3.95. The van der Waals surface area contributed by atoms with Gasteiger partial charge in [0.2, 0.25) is 0 Å². The first kappa shape index (κ1) is 9.47. The van der Waals surface area contributed by atoms with Crippen molar-refractivity contribution in [1.82, 2.24) is 0 Å². The zero-order chi connectivity index (χ0) is 8.69. The van der Waals surface area contributed by atoms with Gasteiger partial charge >= 0.3 is 6.04 Å². The maximum absolute atomic E-state index is 8.38. The number of rotatable bonds is 3. The van der Waals surface area contributed by atoms with Crippen molar-refractivity contribution in [2.24, 2.45) is 5.92 Å². The fourth-order valence-corrected chi connectivity index (χ4v) is 0.630. The van der Waals surface area contributed by atoms with Gasteiger partial charge in [0.15, 0.2) is 6.07 Å². The van der Waals surface area contributed by atoms with E-state index >= 15 is 0 Å². The van der Waals surface area contributed by atoms with E-state index in [0.717, 1.165) is 0 Å².